The summed E-state index contributed by atoms with van der Waals surface area (Å²) in [7, 11) is 0. The lowest BCUT2D eigenvalue weighted by Gasteiger charge is -2.24. The standard InChI is InChI=1S/C15H17F2NO2/c1-10(19)8-13(20)18-12-5-3-4-11(9-12)15(16,17)14(2)6-7-14/h3-5,9H,6-8H2,1-2H3,(H,18,20). The Bertz CT molecular complexity index is 551. The molecule has 5 heteroatoms. The van der Waals surface area contributed by atoms with Gasteiger partial charge in [0.15, 0.2) is 0 Å². The van der Waals surface area contributed by atoms with Gasteiger partial charge in [-0.2, -0.15) is 0 Å². The van der Waals surface area contributed by atoms with Crippen molar-refractivity contribution in [2.45, 2.75) is 39.0 Å². The number of halogens is 2. The second-order valence-electron chi connectivity index (χ2n) is 5.64. The fourth-order valence-electron chi connectivity index (χ4n) is 2.07. The van der Waals surface area contributed by atoms with Crippen LogP contribution < -0.4 is 5.32 Å². The van der Waals surface area contributed by atoms with Crippen LogP contribution in [-0.2, 0) is 15.5 Å². The van der Waals surface area contributed by atoms with Gasteiger partial charge in [-0.1, -0.05) is 19.1 Å². The van der Waals surface area contributed by atoms with E-state index >= 15 is 0 Å². The summed E-state index contributed by atoms with van der Waals surface area (Å²) in [6.45, 7) is 2.87. The minimum atomic E-state index is -2.91. The van der Waals surface area contributed by atoms with Crippen LogP contribution in [0.2, 0.25) is 0 Å². The van der Waals surface area contributed by atoms with E-state index in [4.69, 9.17) is 0 Å². The lowest BCUT2D eigenvalue weighted by Crippen LogP contribution is -2.25. The van der Waals surface area contributed by atoms with Crippen molar-refractivity contribution in [3.63, 3.8) is 0 Å². The monoisotopic (exact) mass is 281 g/mol. The minimum Gasteiger partial charge on any atom is -0.326 e. The number of carbonyl (C=O) groups excluding carboxylic acids is 2. The van der Waals surface area contributed by atoms with Crippen molar-refractivity contribution >= 4 is 17.4 Å². The Kier molecular flexibility index (Phi) is 3.63. The quantitative estimate of drug-likeness (QED) is 0.840. The molecule has 0 radical (unpaired) electrons. The summed E-state index contributed by atoms with van der Waals surface area (Å²) < 4.78 is 28.6. The molecule has 1 N–H and O–H groups in total. The summed E-state index contributed by atoms with van der Waals surface area (Å²) >= 11 is 0. The third-order valence-corrected chi connectivity index (χ3v) is 3.68. The van der Waals surface area contributed by atoms with Crippen LogP contribution in [0.25, 0.3) is 0 Å². The highest BCUT2D eigenvalue weighted by molar-refractivity contribution is 6.03. The third kappa shape index (κ3) is 2.86. The number of alkyl halides is 2. The van der Waals surface area contributed by atoms with Gasteiger partial charge in [0, 0.05) is 16.7 Å². The van der Waals surface area contributed by atoms with Crippen molar-refractivity contribution in [3.05, 3.63) is 29.8 Å². The number of rotatable bonds is 5. The second kappa shape index (κ2) is 4.96. The van der Waals surface area contributed by atoms with Crippen molar-refractivity contribution in [2.24, 2.45) is 5.41 Å². The molecular formula is C15H17F2NO2. The van der Waals surface area contributed by atoms with E-state index in [2.05, 4.69) is 5.32 Å². The van der Waals surface area contributed by atoms with Crippen molar-refractivity contribution < 1.29 is 18.4 Å². The maximum Gasteiger partial charge on any atom is 0.278 e. The second-order valence-corrected chi connectivity index (χ2v) is 5.64. The van der Waals surface area contributed by atoms with Gasteiger partial charge in [-0.25, -0.2) is 8.78 Å². The van der Waals surface area contributed by atoms with Gasteiger partial charge in [0.25, 0.3) is 5.92 Å². The van der Waals surface area contributed by atoms with E-state index in [1.165, 1.54) is 31.2 Å². The fraction of sp³-hybridized carbons (Fsp3) is 0.467. The topological polar surface area (TPSA) is 46.2 Å². The minimum absolute atomic E-state index is 0.0990. The summed E-state index contributed by atoms with van der Waals surface area (Å²) in [6.07, 6.45) is 0.750. The molecule has 0 saturated heterocycles. The highest BCUT2D eigenvalue weighted by atomic mass is 19.3. The van der Waals surface area contributed by atoms with Gasteiger partial charge in [-0.3, -0.25) is 9.59 Å². The largest absolute Gasteiger partial charge is 0.326 e. The number of Topliss-reactive ketones (excluding diaryl/α,β-unsaturated/α-hetero) is 1. The summed E-state index contributed by atoms with van der Waals surface area (Å²) in [5, 5.41) is 2.46. The molecule has 20 heavy (non-hydrogen) atoms. The molecule has 1 fully saturated rings. The molecule has 1 aromatic carbocycles. The molecule has 2 rings (SSSR count). The Morgan fingerprint density at radius 2 is 2.00 bits per heavy atom. The molecule has 1 saturated carbocycles. The molecule has 0 unspecified atom stereocenters. The smallest absolute Gasteiger partial charge is 0.278 e. The van der Waals surface area contributed by atoms with Gasteiger partial charge in [-0.05, 0) is 31.9 Å². The molecule has 108 valence electrons. The summed E-state index contributed by atoms with van der Waals surface area (Å²) in [5.41, 5.74) is -0.787. The van der Waals surface area contributed by atoms with E-state index < -0.39 is 17.2 Å². The van der Waals surface area contributed by atoms with E-state index in [1.54, 1.807) is 6.92 Å². The zero-order chi connectivity index (χ0) is 15.0. The Morgan fingerprint density at radius 1 is 1.35 bits per heavy atom. The van der Waals surface area contributed by atoms with Gasteiger partial charge < -0.3 is 5.32 Å². The normalized spacial score (nSPS) is 16.6. The highest BCUT2D eigenvalue weighted by Crippen LogP contribution is 2.61. The van der Waals surface area contributed by atoms with Crippen LogP contribution in [-0.4, -0.2) is 11.7 Å². The van der Waals surface area contributed by atoms with E-state index in [0.717, 1.165) is 0 Å². The van der Waals surface area contributed by atoms with Gasteiger partial charge in [0.1, 0.15) is 5.78 Å². The molecule has 1 aromatic rings. The van der Waals surface area contributed by atoms with Crippen LogP contribution in [0.5, 0.6) is 0 Å². The van der Waals surface area contributed by atoms with Gasteiger partial charge in [0.05, 0.1) is 6.42 Å². The SMILES string of the molecule is CC(=O)CC(=O)Nc1cccc(C(F)(F)C2(C)CC2)c1. The number of hydrogen-bond donors (Lipinski definition) is 1. The van der Waals surface area contributed by atoms with E-state index in [9.17, 15) is 18.4 Å². The first kappa shape index (κ1) is 14.6. The first-order valence-electron chi connectivity index (χ1n) is 6.52. The third-order valence-electron chi connectivity index (χ3n) is 3.68. The zero-order valence-electron chi connectivity index (χ0n) is 11.5. The molecule has 1 aliphatic carbocycles. The lowest BCUT2D eigenvalue weighted by atomic mass is 9.93. The molecule has 1 aliphatic rings. The number of hydrogen-bond acceptors (Lipinski definition) is 2. The Labute approximate surface area is 116 Å². The van der Waals surface area contributed by atoms with E-state index in [-0.39, 0.29) is 23.5 Å². The Hall–Kier alpha value is -1.78. The van der Waals surface area contributed by atoms with Crippen LogP contribution in [0.4, 0.5) is 14.5 Å². The molecule has 1 amide bonds. The fourth-order valence-corrected chi connectivity index (χ4v) is 2.07. The maximum atomic E-state index is 14.3. The predicted molar refractivity (Wildman–Crippen MR) is 71.6 cm³/mol. The van der Waals surface area contributed by atoms with Crippen LogP contribution in [0, 0.1) is 5.41 Å². The number of carbonyl (C=O) groups is 2. The van der Waals surface area contributed by atoms with Crippen LogP contribution in [0.1, 0.15) is 38.7 Å². The molecule has 3 nitrogen and oxygen atoms in total. The number of amides is 1. The van der Waals surface area contributed by atoms with Gasteiger partial charge in [-0.15, -0.1) is 0 Å². The van der Waals surface area contributed by atoms with Crippen LogP contribution >= 0.6 is 0 Å². The van der Waals surface area contributed by atoms with E-state index in [1.807, 2.05) is 0 Å². The molecule has 0 bridgehead atoms. The number of ketones is 1. The van der Waals surface area contributed by atoms with Gasteiger partial charge in [0.2, 0.25) is 5.91 Å². The summed E-state index contributed by atoms with van der Waals surface area (Å²) in [5.74, 6) is -3.67. The molecule has 0 aromatic heterocycles. The van der Waals surface area contributed by atoms with Crippen molar-refractivity contribution in [1.29, 1.82) is 0 Å². The molecule has 0 aliphatic heterocycles. The Morgan fingerprint density at radius 3 is 2.55 bits per heavy atom. The summed E-state index contributed by atoms with van der Waals surface area (Å²) in [4.78, 5) is 22.3. The van der Waals surface area contributed by atoms with Crippen LogP contribution in [0.15, 0.2) is 24.3 Å². The van der Waals surface area contributed by atoms with E-state index in [0.29, 0.717) is 12.8 Å². The molecule has 0 atom stereocenters. The van der Waals surface area contributed by atoms with Crippen molar-refractivity contribution in [3.8, 4) is 0 Å². The zero-order valence-corrected chi connectivity index (χ0v) is 11.5. The molecular weight excluding hydrogens is 264 g/mol. The average Bonchev–Trinajstić information content (AvgIpc) is 3.08. The van der Waals surface area contributed by atoms with Crippen molar-refractivity contribution in [1.82, 2.24) is 0 Å². The maximum absolute atomic E-state index is 14.3. The van der Waals surface area contributed by atoms with Crippen LogP contribution in [0.3, 0.4) is 0 Å². The first-order chi connectivity index (χ1) is 9.24. The number of anilines is 1. The molecule has 0 spiro atoms. The van der Waals surface area contributed by atoms with Crippen molar-refractivity contribution in [2.75, 3.05) is 5.32 Å². The first-order valence-corrected chi connectivity index (χ1v) is 6.52. The number of nitrogens with one attached hydrogen (secondary N) is 1. The highest BCUT2D eigenvalue weighted by Gasteiger charge is 2.59. The van der Waals surface area contributed by atoms with Gasteiger partial charge >= 0.3 is 0 Å². The Balaban J connectivity index is 2.16. The molecule has 0 heterocycles. The lowest BCUT2D eigenvalue weighted by molar-refractivity contribution is -0.124. The predicted octanol–water partition coefficient (Wildman–Crippen LogP) is 3.50. The summed E-state index contributed by atoms with van der Waals surface area (Å²) in [6, 6.07) is 5.66. The number of benzene rings is 1. The average molecular weight is 281 g/mol.